The average molecular weight is 357 g/mol. The van der Waals surface area contributed by atoms with Crippen LogP contribution in [0.1, 0.15) is 34.5 Å². The van der Waals surface area contributed by atoms with Gasteiger partial charge in [-0.15, -0.1) is 11.5 Å². The lowest BCUT2D eigenvalue weighted by Gasteiger charge is -2.04. The van der Waals surface area contributed by atoms with Crippen LogP contribution in [0.25, 0.3) is 11.4 Å². The van der Waals surface area contributed by atoms with Crippen LogP contribution < -0.4 is 0 Å². The number of hydrogen-bond acceptors (Lipinski definition) is 3. The monoisotopic (exact) mass is 357 g/mol. The third-order valence-corrected chi connectivity index (χ3v) is 4.67. The molecule has 0 aliphatic rings. The van der Waals surface area contributed by atoms with Gasteiger partial charge < -0.3 is 0 Å². The van der Waals surface area contributed by atoms with E-state index in [1.54, 1.807) is 0 Å². The minimum absolute atomic E-state index is 0.0875. The fourth-order valence-electron chi connectivity index (χ4n) is 2.96. The van der Waals surface area contributed by atoms with E-state index in [1.807, 2.05) is 50.2 Å². The van der Waals surface area contributed by atoms with Crippen LogP contribution in [0.3, 0.4) is 0 Å². The maximum Gasteiger partial charge on any atom is 0.204 e. The number of carbonyl (C=O) groups is 1. The van der Waals surface area contributed by atoms with Crippen molar-refractivity contribution in [2.75, 3.05) is 0 Å². The molecule has 0 radical (unpaired) electrons. The third-order valence-electron chi connectivity index (χ3n) is 4.67. The van der Waals surface area contributed by atoms with E-state index in [1.165, 1.54) is 21.4 Å². The van der Waals surface area contributed by atoms with E-state index >= 15 is 0 Å². The fraction of sp³-hybridized carbons (Fsp3) is 0.261. The van der Waals surface area contributed by atoms with Crippen molar-refractivity contribution in [1.82, 2.24) is 14.8 Å². The predicted octanol–water partition coefficient (Wildman–Crippen LogP) is 4.05. The van der Waals surface area contributed by atoms with Crippen molar-refractivity contribution >= 4 is 5.78 Å². The first-order valence-corrected chi connectivity index (χ1v) is 9.02. The molecule has 1 heterocycles. The second-order valence-corrected chi connectivity index (χ2v) is 6.89. The maximum absolute atomic E-state index is 12.4. The lowest BCUT2D eigenvalue weighted by molar-refractivity contribution is -0.119. The first kappa shape index (κ1) is 18.6. The molecule has 136 valence electrons. The molecule has 0 N–H and O–H groups in total. The number of Topliss-reactive ketones (excluding diaryl/α,β-unsaturated/α-hetero) is 1. The first-order chi connectivity index (χ1) is 13.0. The molecule has 0 aliphatic carbocycles. The van der Waals surface area contributed by atoms with Gasteiger partial charge in [0.25, 0.3) is 0 Å². The van der Waals surface area contributed by atoms with E-state index in [2.05, 4.69) is 29.0 Å². The smallest absolute Gasteiger partial charge is 0.204 e. The minimum Gasteiger partial charge on any atom is -0.298 e. The third kappa shape index (κ3) is 4.51. The highest BCUT2D eigenvalue weighted by molar-refractivity contribution is 5.78. The molecule has 4 heteroatoms. The van der Waals surface area contributed by atoms with Gasteiger partial charge in [-0.3, -0.25) is 4.79 Å². The highest BCUT2D eigenvalue weighted by atomic mass is 16.1. The van der Waals surface area contributed by atoms with Gasteiger partial charge in [0, 0.05) is 12.0 Å². The molecule has 0 saturated heterocycles. The second-order valence-electron chi connectivity index (χ2n) is 6.89. The average Bonchev–Trinajstić information content (AvgIpc) is 3.05. The Kier molecular flexibility index (Phi) is 5.52. The number of aryl methyl sites for hydroxylation is 4. The SMILES string of the molecule is C#Cc1nc(-c2ccc(C)c(C)c2)nn1CC(=O)CCc1cccc(C)c1. The molecular formula is C23H23N3O. The molecule has 3 rings (SSSR count). The van der Waals surface area contributed by atoms with Gasteiger partial charge in [-0.2, -0.15) is 4.98 Å². The second kappa shape index (κ2) is 8.01. The Bertz CT molecular complexity index is 1020. The number of hydrogen-bond donors (Lipinski definition) is 0. The van der Waals surface area contributed by atoms with E-state index in [0.717, 1.165) is 11.1 Å². The van der Waals surface area contributed by atoms with Crippen molar-refractivity contribution in [1.29, 1.82) is 0 Å². The van der Waals surface area contributed by atoms with Crippen LogP contribution in [0.15, 0.2) is 42.5 Å². The molecule has 2 aromatic carbocycles. The lowest BCUT2D eigenvalue weighted by Crippen LogP contribution is -2.14. The summed E-state index contributed by atoms with van der Waals surface area (Å²) in [4.78, 5) is 16.8. The Labute approximate surface area is 160 Å². The largest absolute Gasteiger partial charge is 0.298 e. The van der Waals surface area contributed by atoms with E-state index in [9.17, 15) is 4.79 Å². The Morgan fingerprint density at radius 1 is 1.11 bits per heavy atom. The predicted molar refractivity (Wildman–Crippen MR) is 107 cm³/mol. The van der Waals surface area contributed by atoms with Crippen molar-refractivity contribution in [2.45, 2.75) is 40.2 Å². The molecule has 1 aromatic heterocycles. The van der Waals surface area contributed by atoms with Crippen LogP contribution in [-0.2, 0) is 17.8 Å². The Hall–Kier alpha value is -3.19. The summed E-state index contributed by atoms with van der Waals surface area (Å²) in [5.74, 6) is 3.56. The van der Waals surface area contributed by atoms with E-state index in [0.29, 0.717) is 24.5 Å². The van der Waals surface area contributed by atoms with E-state index < -0.39 is 0 Å². The van der Waals surface area contributed by atoms with Crippen LogP contribution in [0.4, 0.5) is 0 Å². The van der Waals surface area contributed by atoms with Gasteiger partial charge >= 0.3 is 0 Å². The molecule has 0 atom stereocenters. The molecule has 0 amide bonds. The van der Waals surface area contributed by atoms with Gasteiger partial charge in [-0.1, -0.05) is 42.0 Å². The zero-order chi connectivity index (χ0) is 19.4. The number of ketones is 1. The molecule has 0 saturated carbocycles. The topological polar surface area (TPSA) is 47.8 Å². The zero-order valence-corrected chi connectivity index (χ0v) is 16.0. The summed E-state index contributed by atoms with van der Waals surface area (Å²) in [6.07, 6.45) is 6.73. The van der Waals surface area contributed by atoms with Crippen LogP contribution in [0.2, 0.25) is 0 Å². The molecule has 0 fully saturated rings. The van der Waals surface area contributed by atoms with Crippen LogP contribution in [0.5, 0.6) is 0 Å². The number of rotatable bonds is 6. The molecule has 0 aliphatic heterocycles. The summed E-state index contributed by atoms with van der Waals surface area (Å²) in [6, 6.07) is 14.3. The number of aromatic nitrogens is 3. The van der Waals surface area contributed by atoms with Gasteiger partial charge in [-0.05, 0) is 55.9 Å². The highest BCUT2D eigenvalue weighted by Gasteiger charge is 2.13. The van der Waals surface area contributed by atoms with Gasteiger partial charge in [0.2, 0.25) is 5.82 Å². The molecule has 27 heavy (non-hydrogen) atoms. The number of terminal acetylenes is 1. The Morgan fingerprint density at radius 3 is 2.63 bits per heavy atom. The molecular weight excluding hydrogens is 334 g/mol. The Balaban J connectivity index is 1.72. The normalized spacial score (nSPS) is 10.6. The summed E-state index contributed by atoms with van der Waals surface area (Å²) in [5.41, 5.74) is 5.64. The van der Waals surface area contributed by atoms with Crippen LogP contribution in [-0.4, -0.2) is 20.5 Å². The van der Waals surface area contributed by atoms with Crippen molar-refractivity contribution in [3.05, 3.63) is 70.5 Å². The van der Waals surface area contributed by atoms with Crippen molar-refractivity contribution in [3.63, 3.8) is 0 Å². The molecule has 0 bridgehead atoms. The van der Waals surface area contributed by atoms with Gasteiger partial charge in [-0.25, -0.2) is 4.68 Å². The minimum atomic E-state index is 0.0875. The van der Waals surface area contributed by atoms with Crippen LogP contribution in [0, 0.1) is 33.1 Å². The zero-order valence-electron chi connectivity index (χ0n) is 16.0. The van der Waals surface area contributed by atoms with Gasteiger partial charge in [0.05, 0.1) is 0 Å². The summed E-state index contributed by atoms with van der Waals surface area (Å²) < 4.78 is 1.53. The van der Waals surface area contributed by atoms with E-state index in [4.69, 9.17) is 6.42 Å². The quantitative estimate of drug-likeness (QED) is 0.625. The number of nitrogens with zero attached hydrogens (tertiary/aromatic N) is 3. The molecule has 0 unspecified atom stereocenters. The highest BCUT2D eigenvalue weighted by Crippen LogP contribution is 2.19. The lowest BCUT2D eigenvalue weighted by atomic mass is 10.1. The first-order valence-electron chi connectivity index (χ1n) is 9.02. The summed E-state index contributed by atoms with van der Waals surface area (Å²) in [6.45, 7) is 6.30. The standard InChI is InChI=1S/C23H23N3O/c1-5-22-24-23(20-11-9-17(3)18(4)14-20)25-26(22)15-21(27)12-10-19-8-6-7-16(2)13-19/h1,6-9,11,13-14H,10,12,15H2,2-4H3. The Morgan fingerprint density at radius 2 is 1.93 bits per heavy atom. The summed E-state index contributed by atoms with van der Waals surface area (Å²) in [7, 11) is 0. The van der Waals surface area contributed by atoms with Crippen molar-refractivity contribution in [3.8, 4) is 23.7 Å². The summed E-state index contributed by atoms with van der Waals surface area (Å²) in [5, 5.41) is 4.47. The molecule has 0 spiro atoms. The summed E-state index contributed by atoms with van der Waals surface area (Å²) >= 11 is 0. The van der Waals surface area contributed by atoms with Gasteiger partial charge in [0.15, 0.2) is 11.6 Å². The van der Waals surface area contributed by atoms with Crippen molar-refractivity contribution < 1.29 is 4.79 Å². The maximum atomic E-state index is 12.4. The van der Waals surface area contributed by atoms with Gasteiger partial charge in [0.1, 0.15) is 6.54 Å². The fourth-order valence-corrected chi connectivity index (χ4v) is 2.96. The van der Waals surface area contributed by atoms with Crippen LogP contribution >= 0.6 is 0 Å². The number of benzene rings is 2. The molecule has 3 aromatic rings. The van der Waals surface area contributed by atoms with E-state index in [-0.39, 0.29) is 12.3 Å². The molecule has 4 nitrogen and oxygen atoms in total. The number of carbonyl (C=O) groups excluding carboxylic acids is 1. The van der Waals surface area contributed by atoms with Crippen molar-refractivity contribution in [2.24, 2.45) is 0 Å².